The maximum absolute atomic E-state index is 13.3. The minimum absolute atomic E-state index is 0.00144. The summed E-state index contributed by atoms with van der Waals surface area (Å²) in [6, 6.07) is 28.5. The van der Waals surface area contributed by atoms with Crippen LogP contribution in [0.3, 0.4) is 0 Å². The number of aromatic hydroxyl groups is 2. The fourth-order valence-electron chi connectivity index (χ4n) is 6.31. The third-order valence-corrected chi connectivity index (χ3v) is 9.19. The van der Waals surface area contributed by atoms with E-state index in [1.807, 2.05) is 43.6 Å². The molecular formula is C42H36N6O6. The number of aromatic amines is 2. The van der Waals surface area contributed by atoms with Gasteiger partial charge in [-0.1, -0.05) is 29.8 Å². The molecule has 6 N–H and O–H groups in total. The number of carbonyl (C=O) groups excluding carboxylic acids is 2. The number of H-pyrrole nitrogens is 2. The molecule has 0 bridgehead atoms. The number of amides is 2. The van der Waals surface area contributed by atoms with Crippen LogP contribution in [-0.4, -0.2) is 58.6 Å². The van der Waals surface area contributed by atoms with E-state index < -0.39 is 11.8 Å². The van der Waals surface area contributed by atoms with Crippen molar-refractivity contribution in [1.29, 1.82) is 0 Å². The molecule has 0 saturated carbocycles. The standard InChI is InChI=1S/C42H36N6O6/c1-24-4-6-25(7-5-24)40(34-22-43-36-12-8-26(18-32(34)36)41(51)47-45-20-28-16-30(53-2)10-14-38(28)49)35-23-44-37-13-9-27(19-33(35)37)42(52)48-46-21-29-17-31(54-3)11-15-39(29)50/h4-23,40,43-44,49-50H,1-3H3,(H,47,51)(H,48,52)/b45-20+,46-21+. The quantitative estimate of drug-likeness (QED) is 0.0615. The van der Waals surface area contributed by atoms with Crippen LogP contribution < -0.4 is 20.3 Å². The monoisotopic (exact) mass is 720 g/mol. The highest BCUT2D eigenvalue weighted by Gasteiger charge is 2.24. The van der Waals surface area contributed by atoms with Crippen LogP contribution in [0.1, 0.15) is 60.0 Å². The molecule has 0 aliphatic carbocycles. The lowest BCUT2D eigenvalue weighted by Crippen LogP contribution is -2.17. The van der Waals surface area contributed by atoms with Crippen LogP contribution in [0.5, 0.6) is 23.0 Å². The molecule has 0 aliphatic heterocycles. The summed E-state index contributed by atoms with van der Waals surface area (Å²) in [7, 11) is 3.05. The summed E-state index contributed by atoms with van der Waals surface area (Å²) < 4.78 is 10.4. The van der Waals surface area contributed by atoms with Crippen LogP contribution >= 0.6 is 0 Å². The van der Waals surface area contributed by atoms with E-state index in [9.17, 15) is 19.8 Å². The largest absolute Gasteiger partial charge is 0.507 e. The van der Waals surface area contributed by atoms with Gasteiger partial charge in [0.2, 0.25) is 0 Å². The maximum Gasteiger partial charge on any atom is 0.271 e. The van der Waals surface area contributed by atoms with Crippen molar-refractivity contribution in [1.82, 2.24) is 20.8 Å². The van der Waals surface area contributed by atoms with Gasteiger partial charge in [0.15, 0.2) is 0 Å². The number of methoxy groups -OCH3 is 2. The molecule has 0 fully saturated rings. The van der Waals surface area contributed by atoms with Crippen LogP contribution in [0.15, 0.2) is 120 Å². The first-order valence-electron chi connectivity index (χ1n) is 16.9. The topological polar surface area (TPSA) is 173 Å². The van der Waals surface area contributed by atoms with Gasteiger partial charge >= 0.3 is 0 Å². The Morgan fingerprint density at radius 2 is 1.11 bits per heavy atom. The smallest absolute Gasteiger partial charge is 0.271 e. The Kier molecular flexibility index (Phi) is 9.81. The van der Waals surface area contributed by atoms with E-state index in [4.69, 9.17) is 9.47 Å². The number of aromatic nitrogens is 2. The molecule has 0 radical (unpaired) electrons. The summed E-state index contributed by atoms with van der Waals surface area (Å²) in [5, 5.41) is 30.2. The fraction of sp³-hybridized carbons (Fsp3) is 0.0952. The summed E-state index contributed by atoms with van der Waals surface area (Å²) >= 11 is 0. The molecule has 12 nitrogen and oxygen atoms in total. The number of nitrogens with one attached hydrogen (secondary N) is 4. The number of benzene rings is 5. The van der Waals surface area contributed by atoms with Gasteiger partial charge in [0.1, 0.15) is 23.0 Å². The highest BCUT2D eigenvalue weighted by Crippen LogP contribution is 2.40. The van der Waals surface area contributed by atoms with Crippen molar-refractivity contribution in [2.45, 2.75) is 12.8 Å². The molecular weight excluding hydrogens is 684 g/mol. The van der Waals surface area contributed by atoms with Crippen molar-refractivity contribution >= 4 is 46.0 Å². The summed E-state index contributed by atoms with van der Waals surface area (Å²) in [4.78, 5) is 33.4. The van der Waals surface area contributed by atoms with Crippen LogP contribution in [0.4, 0.5) is 0 Å². The fourth-order valence-corrected chi connectivity index (χ4v) is 6.31. The Morgan fingerprint density at radius 3 is 1.56 bits per heavy atom. The lowest BCUT2D eigenvalue weighted by atomic mass is 9.84. The van der Waals surface area contributed by atoms with Crippen molar-refractivity contribution in [3.05, 3.63) is 154 Å². The Balaban J connectivity index is 1.21. The number of fused-ring (bicyclic) bond motifs is 2. The average Bonchev–Trinajstić information content (AvgIpc) is 3.81. The van der Waals surface area contributed by atoms with Gasteiger partial charge in [-0.3, -0.25) is 9.59 Å². The van der Waals surface area contributed by atoms with Gasteiger partial charge in [0.05, 0.1) is 26.6 Å². The predicted octanol–water partition coefficient (Wildman–Crippen LogP) is 7.09. The van der Waals surface area contributed by atoms with E-state index in [0.717, 1.165) is 44.1 Å². The van der Waals surface area contributed by atoms with E-state index in [0.29, 0.717) is 33.8 Å². The van der Waals surface area contributed by atoms with Crippen molar-refractivity contribution in [2.75, 3.05) is 14.2 Å². The third-order valence-electron chi connectivity index (χ3n) is 9.19. The number of nitrogens with zero attached hydrogens (tertiary/aromatic N) is 2. The van der Waals surface area contributed by atoms with Crippen molar-refractivity contribution in [2.24, 2.45) is 10.2 Å². The number of hydrogen-bond donors (Lipinski definition) is 6. The number of carbonyl (C=O) groups is 2. The number of phenols is 2. The van der Waals surface area contributed by atoms with Crippen LogP contribution in [0.2, 0.25) is 0 Å². The van der Waals surface area contributed by atoms with Crippen LogP contribution in [0, 0.1) is 6.92 Å². The SMILES string of the molecule is COc1ccc(O)c(/C=N/NC(=O)c2ccc3[nH]cc(C(c4ccc(C)cc4)c4c[nH]c5ccc(C(=O)N/N=C/c6cc(OC)ccc6O)cc45)c3c2)c1. The first-order chi connectivity index (χ1) is 26.2. The zero-order valence-corrected chi connectivity index (χ0v) is 29.5. The highest BCUT2D eigenvalue weighted by molar-refractivity contribution is 6.01. The normalized spacial score (nSPS) is 11.6. The number of aryl methyl sites for hydroxylation is 1. The van der Waals surface area contributed by atoms with Gasteiger partial charge in [-0.15, -0.1) is 0 Å². The third kappa shape index (κ3) is 7.21. The second kappa shape index (κ2) is 15.1. The van der Waals surface area contributed by atoms with Gasteiger partial charge < -0.3 is 29.7 Å². The highest BCUT2D eigenvalue weighted by atomic mass is 16.5. The summed E-state index contributed by atoms with van der Waals surface area (Å²) in [6.45, 7) is 2.03. The average molecular weight is 721 g/mol. The second-order valence-corrected chi connectivity index (χ2v) is 12.6. The molecule has 0 aliphatic rings. The number of hydrazone groups is 2. The number of hydrogen-bond acceptors (Lipinski definition) is 8. The van der Waals surface area contributed by atoms with Gasteiger partial charge in [-0.2, -0.15) is 10.2 Å². The first kappa shape index (κ1) is 35.1. The molecule has 2 amide bonds. The lowest BCUT2D eigenvalue weighted by Gasteiger charge is -2.18. The van der Waals surface area contributed by atoms with Crippen molar-refractivity contribution < 1.29 is 29.3 Å². The molecule has 0 unspecified atom stereocenters. The van der Waals surface area contributed by atoms with Gasteiger partial charge in [0.25, 0.3) is 11.8 Å². The molecule has 7 aromatic rings. The van der Waals surface area contributed by atoms with E-state index >= 15 is 0 Å². The Labute approximate surface area is 309 Å². The van der Waals surface area contributed by atoms with Gasteiger partial charge in [-0.05, 0) is 96.4 Å². The Morgan fingerprint density at radius 1 is 0.648 bits per heavy atom. The van der Waals surface area contributed by atoms with Crippen LogP contribution in [0.25, 0.3) is 21.8 Å². The maximum atomic E-state index is 13.3. The number of rotatable bonds is 11. The predicted molar refractivity (Wildman–Crippen MR) is 208 cm³/mol. The van der Waals surface area contributed by atoms with Gasteiger partial charge in [-0.25, -0.2) is 10.9 Å². The van der Waals surface area contributed by atoms with Crippen LogP contribution in [-0.2, 0) is 0 Å². The van der Waals surface area contributed by atoms with E-state index in [2.05, 4.69) is 55.3 Å². The molecule has 2 heterocycles. The molecule has 12 heteroatoms. The summed E-state index contributed by atoms with van der Waals surface area (Å²) in [5.74, 6) is -0.0753. The first-order valence-corrected chi connectivity index (χ1v) is 16.9. The second-order valence-electron chi connectivity index (χ2n) is 12.6. The molecule has 0 atom stereocenters. The van der Waals surface area contributed by atoms with Crippen molar-refractivity contribution in [3.8, 4) is 23.0 Å². The van der Waals surface area contributed by atoms with Gasteiger partial charge in [0, 0.05) is 62.4 Å². The molecule has 7 rings (SSSR count). The number of ether oxygens (including phenoxy) is 2. The van der Waals surface area contributed by atoms with E-state index in [1.54, 1.807) is 36.4 Å². The molecule has 54 heavy (non-hydrogen) atoms. The Hall–Kier alpha value is -7.34. The van der Waals surface area contributed by atoms with E-state index in [1.165, 1.54) is 38.8 Å². The molecule has 270 valence electrons. The summed E-state index contributed by atoms with van der Waals surface area (Å²) in [5.41, 5.74) is 12.3. The van der Waals surface area contributed by atoms with E-state index in [-0.39, 0.29) is 17.4 Å². The number of phenolic OH excluding ortho intramolecular Hbond substituents is 2. The molecule has 0 saturated heterocycles. The molecule has 0 spiro atoms. The molecule has 2 aromatic heterocycles. The zero-order valence-electron chi connectivity index (χ0n) is 29.5. The minimum atomic E-state index is -0.429. The van der Waals surface area contributed by atoms with Crippen molar-refractivity contribution in [3.63, 3.8) is 0 Å². The molecule has 5 aromatic carbocycles. The minimum Gasteiger partial charge on any atom is -0.507 e. The zero-order chi connectivity index (χ0) is 37.8. The summed E-state index contributed by atoms with van der Waals surface area (Å²) in [6.07, 6.45) is 6.59. The Bertz CT molecular complexity index is 2410. The lowest BCUT2D eigenvalue weighted by molar-refractivity contribution is 0.0947.